The van der Waals surface area contributed by atoms with Crippen molar-refractivity contribution in [3.8, 4) is 11.5 Å². The van der Waals surface area contributed by atoms with E-state index in [1.165, 1.54) is 18.2 Å². The van der Waals surface area contributed by atoms with E-state index in [4.69, 9.17) is 9.47 Å². The van der Waals surface area contributed by atoms with E-state index >= 15 is 0 Å². The van der Waals surface area contributed by atoms with Crippen LogP contribution >= 0.6 is 15.9 Å². The molecule has 2 rings (SSSR count). The molecule has 0 saturated carbocycles. The maximum atomic E-state index is 12.4. The van der Waals surface area contributed by atoms with Crippen LogP contribution in [0.2, 0.25) is 0 Å². The minimum absolute atomic E-state index is 0.113. The summed E-state index contributed by atoms with van der Waals surface area (Å²) in [5, 5.41) is 0. The molecule has 0 aromatic heterocycles. The van der Waals surface area contributed by atoms with Gasteiger partial charge in [-0.05, 0) is 61.7 Å². The van der Waals surface area contributed by atoms with Crippen molar-refractivity contribution >= 4 is 22.0 Å². The zero-order chi connectivity index (χ0) is 22.5. The second kappa shape index (κ2) is 10.1. The number of amides is 1. The summed E-state index contributed by atoms with van der Waals surface area (Å²) in [5.41, 5.74) is -0.528. The lowest BCUT2D eigenvalue weighted by atomic mass is 10.0. The molecule has 1 aliphatic heterocycles. The number of nitrogens with zero attached hydrogens (tertiary/aromatic N) is 2. The van der Waals surface area contributed by atoms with Crippen LogP contribution in [-0.2, 0) is 4.74 Å². The van der Waals surface area contributed by atoms with Crippen molar-refractivity contribution in [2.45, 2.75) is 51.6 Å². The molecule has 0 spiro atoms. The molecule has 0 unspecified atom stereocenters. The molecule has 170 valence electrons. The Balaban J connectivity index is 1.78. The number of hydrogen-bond donors (Lipinski definition) is 0. The van der Waals surface area contributed by atoms with Crippen LogP contribution in [0.5, 0.6) is 11.5 Å². The van der Waals surface area contributed by atoms with Crippen LogP contribution in [0.4, 0.5) is 18.0 Å². The molecule has 0 bridgehead atoms. The fourth-order valence-electron chi connectivity index (χ4n) is 3.09. The van der Waals surface area contributed by atoms with Crippen LogP contribution in [0.1, 0.15) is 33.6 Å². The number of ether oxygens (including phenoxy) is 3. The van der Waals surface area contributed by atoms with E-state index in [-0.39, 0.29) is 23.6 Å². The van der Waals surface area contributed by atoms with Gasteiger partial charge in [-0.25, -0.2) is 4.79 Å². The van der Waals surface area contributed by atoms with E-state index in [2.05, 4.69) is 25.6 Å². The Morgan fingerprint density at radius 1 is 1.23 bits per heavy atom. The summed E-state index contributed by atoms with van der Waals surface area (Å²) in [6.45, 7) is 8.04. The number of likely N-dealkylation sites (tertiary alicyclic amines) is 1. The first-order chi connectivity index (χ1) is 13.8. The van der Waals surface area contributed by atoms with Gasteiger partial charge in [0, 0.05) is 38.8 Å². The van der Waals surface area contributed by atoms with Crippen molar-refractivity contribution in [2.24, 2.45) is 0 Å². The highest BCUT2D eigenvalue weighted by Gasteiger charge is 2.31. The molecule has 1 aliphatic rings. The third-order valence-electron chi connectivity index (χ3n) is 4.59. The largest absolute Gasteiger partial charge is 0.573 e. The van der Waals surface area contributed by atoms with Gasteiger partial charge in [0.15, 0.2) is 0 Å². The van der Waals surface area contributed by atoms with E-state index in [0.717, 1.165) is 25.9 Å². The number of carbonyl (C=O) groups excluding carboxylic acids is 1. The van der Waals surface area contributed by atoms with Crippen molar-refractivity contribution in [1.29, 1.82) is 0 Å². The summed E-state index contributed by atoms with van der Waals surface area (Å²) in [7, 11) is 1.76. The first-order valence-corrected chi connectivity index (χ1v) is 10.5. The normalized spacial score (nSPS) is 16.3. The summed E-state index contributed by atoms with van der Waals surface area (Å²) in [6, 6.07) is 3.99. The standard InChI is InChI=1S/C20H28BrF3N2O4/c1-19(2,3)30-18(27)25(4)14-7-9-26(10-8-14)11-12-28-17-13-15(5-6-16(17)21)29-20(22,23)24/h5-6,13-14H,7-12H2,1-4H3. The van der Waals surface area contributed by atoms with E-state index in [1.807, 2.05) is 20.8 Å². The first kappa shape index (κ1) is 24.6. The number of piperidine rings is 1. The minimum Gasteiger partial charge on any atom is -0.491 e. The van der Waals surface area contributed by atoms with Gasteiger partial charge in [-0.2, -0.15) is 0 Å². The Hall–Kier alpha value is -1.68. The van der Waals surface area contributed by atoms with Crippen LogP contribution in [0.3, 0.4) is 0 Å². The number of benzene rings is 1. The van der Waals surface area contributed by atoms with Gasteiger partial charge in [-0.15, -0.1) is 13.2 Å². The first-order valence-electron chi connectivity index (χ1n) is 9.70. The molecule has 1 heterocycles. The molecule has 1 amide bonds. The maximum Gasteiger partial charge on any atom is 0.573 e. The van der Waals surface area contributed by atoms with Gasteiger partial charge in [0.25, 0.3) is 0 Å². The number of hydrogen-bond acceptors (Lipinski definition) is 5. The van der Waals surface area contributed by atoms with Crippen LogP contribution in [0.15, 0.2) is 22.7 Å². The lowest BCUT2D eigenvalue weighted by molar-refractivity contribution is -0.274. The van der Waals surface area contributed by atoms with Crippen LogP contribution in [0.25, 0.3) is 0 Å². The van der Waals surface area contributed by atoms with E-state index in [0.29, 0.717) is 17.6 Å². The summed E-state index contributed by atoms with van der Waals surface area (Å²) < 4.78 is 52.7. The SMILES string of the molecule is CN(C(=O)OC(C)(C)C)C1CCN(CCOc2cc(OC(F)(F)F)ccc2Br)CC1. The third kappa shape index (κ3) is 8.22. The molecule has 10 heteroatoms. The minimum atomic E-state index is -4.75. The van der Waals surface area contributed by atoms with Gasteiger partial charge >= 0.3 is 12.5 Å². The Kier molecular flexibility index (Phi) is 8.27. The maximum absolute atomic E-state index is 12.4. The second-order valence-electron chi connectivity index (χ2n) is 8.15. The molecule has 1 fully saturated rings. The second-order valence-corrected chi connectivity index (χ2v) is 9.01. The van der Waals surface area contributed by atoms with Crippen molar-refractivity contribution < 1.29 is 32.2 Å². The molecule has 6 nitrogen and oxygen atoms in total. The highest BCUT2D eigenvalue weighted by atomic mass is 79.9. The number of halogens is 4. The molecular weight excluding hydrogens is 469 g/mol. The topological polar surface area (TPSA) is 51.2 Å². The van der Waals surface area contributed by atoms with Gasteiger partial charge in [-0.3, -0.25) is 4.90 Å². The van der Waals surface area contributed by atoms with Crippen molar-refractivity contribution in [3.05, 3.63) is 22.7 Å². The monoisotopic (exact) mass is 496 g/mol. The van der Waals surface area contributed by atoms with Gasteiger partial charge in [0.1, 0.15) is 23.7 Å². The van der Waals surface area contributed by atoms with Gasteiger partial charge < -0.3 is 19.1 Å². The molecule has 1 aromatic carbocycles. The van der Waals surface area contributed by atoms with Gasteiger partial charge in [-0.1, -0.05) is 0 Å². The Labute approximate surface area is 183 Å². The molecule has 0 radical (unpaired) electrons. The molecule has 0 aliphatic carbocycles. The summed E-state index contributed by atoms with van der Waals surface area (Å²) in [6.07, 6.45) is -3.44. The predicted molar refractivity (Wildman–Crippen MR) is 110 cm³/mol. The Morgan fingerprint density at radius 2 is 1.87 bits per heavy atom. The molecule has 1 saturated heterocycles. The molecule has 0 N–H and O–H groups in total. The average Bonchev–Trinajstić information content (AvgIpc) is 2.61. The lowest BCUT2D eigenvalue weighted by Crippen LogP contribution is -2.47. The molecule has 1 aromatic rings. The van der Waals surface area contributed by atoms with E-state index in [9.17, 15) is 18.0 Å². The smallest absolute Gasteiger partial charge is 0.491 e. The Bertz CT molecular complexity index is 717. The molecule has 30 heavy (non-hydrogen) atoms. The van der Waals surface area contributed by atoms with Gasteiger partial charge in [0.2, 0.25) is 0 Å². The number of alkyl halides is 3. The molecule has 0 atom stereocenters. The van der Waals surface area contributed by atoms with Crippen molar-refractivity contribution in [3.63, 3.8) is 0 Å². The number of rotatable bonds is 6. The average molecular weight is 497 g/mol. The number of carbonyl (C=O) groups is 1. The summed E-state index contributed by atoms with van der Waals surface area (Å²) in [5.74, 6) is -0.0389. The third-order valence-corrected chi connectivity index (χ3v) is 5.24. The highest BCUT2D eigenvalue weighted by molar-refractivity contribution is 9.10. The van der Waals surface area contributed by atoms with Crippen LogP contribution in [-0.4, -0.2) is 67.2 Å². The quantitative estimate of drug-likeness (QED) is 0.550. The fourth-order valence-corrected chi connectivity index (χ4v) is 3.45. The predicted octanol–water partition coefficient (Wildman–Crippen LogP) is 5.06. The summed E-state index contributed by atoms with van der Waals surface area (Å²) in [4.78, 5) is 16.1. The zero-order valence-electron chi connectivity index (χ0n) is 17.6. The van der Waals surface area contributed by atoms with Crippen LogP contribution in [0, 0.1) is 0 Å². The van der Waals surface area contributed by atoms with Crippen LogP contribution < -0.4 is 9.47 Å². The highest BCUT2D eigenvalue weighted by Crippen LogP contribution is 2.32. The van der Waals surface area contributed by atoms with Crippen molar-refractivity contribution in [1.82, 2.24) is 9.80 Å². The molecular formula is C20H28BrF3N2O4. The fraction of sp³-hybridized carbons (Fsp3) is 0.650. The van der Waals surface area contributed by atoms with Crippen molar-refractivity contribution in [2.75, 3.05) is 33.3 Å². The Morgan fingerprint density at radius 3 is 2.43 bits per heavy atom. The summed E-state index contributed by atoms with van der Waals surface area (Å²) >= 11 is 3.27. The zero-order valence-corrected chi connectivity index (χ0v) is 19.2. The van der Waals surface area contributed by atoms with E-state index < -0.39 is 12.0 Å². The van der Waals surface area contributed by atoms with Gasteiger partial charge in [0.05, 0.1) is 4.47 Å². The lowest BCUT2D eigenvalue weighted by Gasteiger charge is -2.37. The van der Waals surface area contributed by atoms with E-state index in [1.54, 1.807) is 11.9 Å².